The third kappa shape index (κ3) is 7.62. The van der Waals surface area contributed by atoms with Crippen molar-refractivity contribution in [3.63, 3.8) is 0 Å². The van der Waals surface area contributed by atoms with E-state index >= 15 is 0 Å². The summed E-state index contributed by atoms with van der Waals surface area (Å²) in [6.07, 6.45) is 1.04. The molecule has 1 saturated carbocycles. The van der Waals surface area contributed by atoms with Crippen molar-refractivity contribution in [3.05, 3.63) is 29.1 Å². The highest BCUT2D eigenvalue weighted by atomic mass is 19.4. The molecule has 1 aliphatic carbocycles. The van der Waals surface area contributed by atoms with Gasteiger partial charge < -0.3 is 24.8 Å². The molecule has 0 bridgehead atoms. The van der Waals surface area contributed by atoms with Crippen LogP contribution in [0.15, 0.2) is 12.3 Å². The van der Waals surface area contributed by atoms with Crippen LogP contribution in [0.25, 0.3) is 0 Å². The number of hydrogen-bond acceptors (Lipinski definition) is 6. The number of carbonyl (C=O) groups is 1. The van der Waals surface area contributed by atoms with Crippen molar-refractivity contribution in [1.82, 2.24) is 15.2 Å². The number of amides is 1. The van der Waals surface area contributed by atoms with Crippen LogP contribution in [0.2, 0.25) is 0 Å². The molecule has 1 aromatic heterocycles. The number of alkyl halides is 3. The van der Waals surface area contributed by atoms with Crippen LogP contribution in [0.4, 0.5) is 13.2 Å². The maximum absolute atomic E-state index is 13.1. The highest BCUT2D eigenvalue weighted by molar-refractivity contribution is 5.79. The molecule has 3 aliphatic rings. The lowest BCUT2D eigenvalue weighted by Crippen LogP contribution is -2.50. The number of aliphatic hydroxyl groups is 1. The minimum absolute atomic E-state index is 0.0161. The van der Waals surface area contributed by atoms with E-state index in [2.05, 4.69) is 10.3 Å². The van der Waals surface area contributed by atoms with E-state index in [0.717, 1.165) is 44.4 Å². The number of ether oxygens (including phenoxy) is 2. The van der Waals surface area contributed by atoms with Gasteiger partial charge in [0.1, 0.15) is 0 Å². The molecule has 5 atom stereocenters. The van der Waals surface area contributed by atoms with Gasteiger partial charge in [-0.05, 0) is 50.7 Å². The molecule has 198 valence electrons. The third-order valence-corrected chi connectivity index (χ3v) is 7.11. The molecular weight excluding hydrogens is 463 g/mol. The van der Waals surface area contributed by atoms with Crippen LogP contribution >= 0.6 is 0 Å². The number of fused-ring (bicyclic) bond motifs is 1. The molecule has 0 spiro atoms. The lowest BCUT2D eigenvalue weighted by atomic mass is 10.00. The number of nitrogens with one attached hydrogen (secondary N) is 1. The molecule has 2 N–H and O–H groups in total. The van der Waals surface area contributed by atoms with Crippen molar-refractivity contribution >= 4 is 5.91 Å². The van der Waals surface area contributed by atoms with Gasteiger partial charge in [-0.2, -0.15) is 13.2 Å². The maximum Gasteiger partial charge on any atom is 0.417 e. The highest BCUT2D eigenvalue weighted by Gasteiger charge is 2.37. The third-order valence-electron chi connectivity index (χ3n) is 7.11. The van der Waals surface area contributed by atoms with Gasteiger partial charge in [-0.25, -0.2) is 0 Å². The molecule has 2 aliphatic heterocycles. The fourth-order valence-electron chi connectivity index (χ4n) is 4.82. The van der Waals surface area contributed by atoms with Gasteiger partial charge in [-0.15, -0.1) is 0 Å². The van der Waals surface area contributed by atoms with E-state index in [1.807, 2.05) is 6.92 Å². The van der Waals surface area contributed by atoms with Gasteiger partial charge in [0.05, 0.1) is 24.4 Å². The first-order valence-corrected chi connectivity index (χ1v) is 12.5. The molecule has 1 amide bonds. The van der Waals surface area contributed by atoms with E-state index in [4.69, 9.17) is 14.6 Å². The summed E-state index contributed by atoms with van der Waals surface area (Å²) in [7, 11) is 1.68. The maximum atomic E-state index is 13.1. The summed E-state index contributed by atoms with van der Waals surface area (Å²) in [6, 6.07) is 1.60. The Balaban J connectivity index is 0.000000623. The molecule has 7 nitrogen and oxygen atoms in total. The zero-order chi connectivity index (χ0) is 25.6. The van der Waals surface area contributed by atoms with Gasteiger partial charge in [0.25, 0.3) is 0 Å². The molecule has 4 rings (SSSR count). The summed E-state index contributed by atoms with van der Waals surface area (Å²) in [4.78, 5) is 18.7. The smallest absolute Gasteiger partial charge is 0.393 e. The molecule has 35 heavy (non-hydrogen) atoms. The molecular formula is C25H38F3N3O4. The number of aliphatic hydroxyl groups excluding tert-OH is 1. The van der Waals surface area contributed by atoms with E-state index < -0.39 is 11.7 Å². The molecule has 0 aromatic carbocycles. The Hall–Kier alpha value is -1.75. The number of carbonyl (C=O) groups excluding carboxylic acids is 1. The van der Waals surface area contributed by atoms with Gasteiger partial charge >= 0.3 is 6.18 Å². The second kappa shape index (κ2) is 12.5. The fraction of sp³-hybridized carbons (Fsp3) is 0.760. The molecule has 0 radical (unpaired) electrons. The summed E-state index contributed by atoms with van der Waals surface area (Å²) in [6.45, 7) is 5.71. The Morgan fingerprint density at radius 1 is 1.37 bits per heavy atom. The Labute approximate surface area is 205 Å². The van der Waals surface area contributed by atoms with Gasteiger partial charge in [-0.3, -0.25) is 9.78 Å². The number of nitrogens with zero attached hydrogens (tertiary/aromatic N) is 2. The molecule has 10 heteroatoms. The lowest BCUT2D eigenvalue weighted by molar-refractivity contribution is -0.138. The van der Waals surface area contributed by atoms with Crippen LogP contribution in [0.1, 0.15) is 62.8 Å². The van der Waals surface area contributed by atoms with Crippen LogP contribution in [0, 0.1) is 5.92 Å². The first kappa shape index (κ1) is 27.8. The van der Waals surface area contributed by atoms with Crippen LogP contribution < -0.4 is 5.32 Å². The van der Waals surface area contributed by atoms with Crippen LogP contribution in [-0.4, -0.2) is 72.1 Å². The second-order valence-electron chi connectivity index (χ2n) is 9.71. The monoisotopic (exact) mass is 501 g/mol. The van der Waals surface area contributed by atoms with Crippen LogP contribution in [0.3, 0.4) is 0 Å². The quantitative estimate of drug-likeness (QED) is 0.644. The van der Waals surface area contributed by atoms with Gasteiger partial charge in [0, 0.05) is 63.1 Å². The van der Waals surface area contributed by atoms with Crippen molar-refractivity contribution < 1.29 is 32.5 Å². The van der Waals surface area contributed by atoms with Gasteiger partial charge in [0.2, 0.25) is 5.91 Å². The first-order valence-electron chi connectivity index (χ1n) is 12.5. The SMILES string of the molecule is CCC(C)O.COC1COCCC1NC1CC[C@H](C(=O)N2CCc3ncc(C(F)(F)F)cc3C2)C1. The average molecular weight is 502 g/mol. The summed E-state index contributed by atoms with van der Waals surface area (Å²) in [5.41, 5.74) is 0.398. The minimum Gasteiger partial charge on any atom is -0.393 e. The minimum atomic E-state index is -4.43. The van der Waals surface area contributed by atoms with Crippen molar-refractivity contribution in [2.45, 2.75) is 89.4 Å². The molecule has 2 fully saturated rings. The van der Waals surface area contributed by atoms with E-state index in [1.54, 1.807) is 18.9 Å². The molecule has 1 aromatic rings. The van der Waals surface area contributed by atoms with Crippen LogP contribution in [-0.2, 0) is 33.4 Å². The zero-order valence-corrected chi connectivity index (χ0v) is 20.8. The fourth-order valence-corrected chi connectivity index (χ4v) is 4.82. The van der Waals surface area contributed by atoms with Crippen molar-refractivity contribution in [1.29, 1.82) is 0 Å². The molecule has 4 unspecified atom stereocenters. The van der Waals surface area contributed by atoms with Crippen molar-refractivity contribution in [2.24, 2.45) is 5.92 Å². The predicted molar refractivity (Wildman–Crippen MR) is 125 cm³/mol. The van der Waals surface area contributed by atoms with E-state index in [9.17, 15) is 18.0 Å². The topological polar surface area (TPSA) is 83.9 Å². The Morgan fingerprint density at radius 2 is 2.11 bits per heavy atom. The van der Waals surface area contributed by atoms with Gasteiger partial charge in [0.15, 0.2) is 0 Å². The zero-order valence-electron chi connectivity index (χ0n) is 20.8. The number of methoxy groups -OCH3 is 1. The predicted octanol–water partition coefficient (Wildman–Crippen LogP) is 3.32. The number of pyridine rings is 1. The molecule has 1 saturated heterocycles. The summed E-state index contributed by atoms with van der Waals surface area (Å²) in [5.74, 6) is -0.0544. The second-order valence-corrected chi connectivity index (χ2v) is 9.71. The van der Waals surface area contributed by atoms with E-state index in [0.29, 0.717) is 37.4 Å². The summed E-state index contributed by atoms with van der Waals surface area (Å²) >= 11 is 0. The number of rotatable bonds is 5. The molecule has 3 heterocycles. The van der Waals surface area contributed by atoms with Crippen LogP contribution in [0.5, 0.6) is 0 Å². The Bertz CT molecular complexity index is 837. The summed E-state index contributed by atoms with van der Waals surface area (Å²) < 4.78 is 50.0. The number of hydrogen-bond donors (Lipinski definition) is 2. The van der Waals surface area contributed by atoms with E-state index in [1.165, 1.54) is 0 Å². The van der Waals surface area contributed by atoms with Crippen molar-refractivity contribution in [3.8, 4) is 0 Å². The van der Waals surface area contributed by atoms with Gasteiger partial charge in [-0.1, -0.05) is 6.92 Å². The highest BCUT2D eigenvalue weighted by Crippen LogP contribution is 2.33. The largest absolute Gasteiger partial charge is 0.417 e. The lowest BCUT2D eigenvalue weighted by Gasteiger charge is -2.33. The Morgan fingerprint density at radius 3 is 2.77 bits per heavy atom. The Kier molecular flexibility index (Phi) is 9.92. The average Bonchev–Trinajstić information content (AvgIpc) is 3.31. The van der Waals surface area contributed by atoms with Crippen molar-refractivity contribution in [2.75, 3.05) is 26.9 Å². The normalized spacial score (nSPS) is 27.6. The number of halogens is 3. The number of aromatic nitrogens is 1. The standard InChI is InChI=1S/C21H28F3N3O3.C4H10O/c1-29-19-12-30-7-5-18(19)26-16-3-2-13(9-16)20(28)27-6-4-17-14(11-27)8-15(10-25-17)21(22,23)24;1-3-4(2)5/h8,10,13,16,18-19,26H,2-7,9,11-12H2,1H3;4-5H,3H2,1-2H3/t13-,16?,18?,19?;/m0./s1. The first-order chi connectivity index (χ1) is 16.6. The summed E-state index contributed by atoms with van der Waals surface area (Å²) in [5, 5.41) is 12.0. The van der Waals surface area contributed by atoms with E-state index in [-0.39, 0.29) is 42.7 Å².